The quantitative estimate of drug-likeness (QED) is 0.0448. The number of carbonyl (C=O) groups excluding carboxylic acids is 9. The van der Waals surface area contributed by atoms with Crippen LogP contribution in [0.5, 0.6) is 0 Å². The van der Waals surface area contributed by atoms with Crippen molar-refractivity contribution in [3.63, 3.8) is 0 Å². The molecule has 24 heteroatoms. The van der Waals surface area contributed by atoms with Gasteiger partial charge in [-0.05, 0) is 129 Å². The van der Waals surface area contributed by atoms with Crippen LogP contribution >= 0.6 is 7.60 Å². The molecule has 2 aromatic heterocycles. The van der Waals surface area contributed by atoms with Crippen LogP contribution in [0.25, 0.3) is 21.9 Å². The fourth-order valence-electron chi connectivity index (χ4n) is 12.6. The molecule has 1 unspecified atom stereocenters. The second-order valence-corrected chi connectivity index (χ2v) is 24.1. The van der Waals surface area contributed by atoms with Crippen molar-refractivity contribution in [1.82, 2.24) is 45.2 Å². The lowest BCUT2D eigenvalue weighted by molar-refractivity contribution is -0.146. The minimum absolute atomic E-state index is 0.0221. The molecule has 5 heterocycles. The summed E-state index contributed by atoms with van der Waals surface area (Å²) in [4.78, 5) is 161. The van der Waals surface area contributed by atoms with Gasteiger partial charge in [-0.1, -0.05) is 66.7 Å². The zero-order valence-corrected chi connectivity index (χ0v) is 47.1. The number of benzene rings is 4. The molecule has 0 bridgehead atoms. The number of aryl methyl sites for hydroxylation is 1. The Hall–Kier alpha value is -8.53. The Morgan fingerprint density at radius 1 is 0.774 bits per heavy atom. The number of imide groups is 1. The summed E-state index contributed by atoms with van der Waals surface area (Å²) in [6.07, 6.45) is 4.91. The van der Waals surface area contributed by atoms with Crippen LogP contribution in [0, 0.1) is 11.8 Å². The van der Waals surface area contributed by atoms with Gasteiger partial charge in [0.15, 0.2) is 0 Å². The van der Waals surface area contributed by atoms with E-state index in [0.717, 1.165) is 48.8 Å². The molecule has 4 aliphatic rings. The highest BCUT2D eigenvalue weighted by Crippen LogP contribution is 2.40. The number of hydrogen-bond donors (Lipinski definition) is 8. The van der Waals surface area contributed by atoms with Crippen molar-refractivity contribution in [3.8, 4) is 0 Å². The van der Waals surface area contributed by atoms with Crippen molar-refractivity contribution in [2.24, 2.45) is 24.6 Å². The minimum Gasteiger partial charge on any atom is -0.370 e. The highest BCUT2D eigenvalue weighted by atomic mass is 31.2. The summed E-state index contributed by atoms with van der Waals surface area (Å²) in [5.41, 5.74) is 7.66. The van der Waals surface area contributed by atoms with E-state index in [4.69, 9.17) is 5.73 Å². The number of hydrogen-bond acceptors (Lipinski definition) is 11. The van der Waals surface area contributed by atoms with Crippen molar-refractivity contribution in [1.29, 1.82) is 0 Å². The van der Waals surface area contributed by atoms with Crippen molar-refractivity contribution in [3.05, 3.63) is 142 Å². The van der Waals surface area contributed by atoms with E-state index in [1.54, 1.807) is 11.9 Å². The number of carbonyl (C=O) groups is 9. The zero-order valence-electron chi connectivity index (χ0n) is 46.2. The lowest BCUT2D eigenvalue weighted by Crippen LogP contribution is -2.62. The van der Waals surface area contributed by atoms with Crippen LogP contribution in [0.3, 0.4) is 0 Å². The van der Waals surface area contributed by atoms with Gasteiger partial charge in [-0.15, -0.1) is 0 Å². The van der Waals surface area contributed by atoms with Crippen LogP contribution in [0.2, 0.25) is 0 Å². The number of aromatic amines is 1. The fourth-order valence-corrected chi connectivity index (χ4v) is 13.1. The van der Waals surface area contributed by atoms with Crippen LogP contribution in [-0.4, -0.2) is 124 Å². The maximum atomic E-state index is 15.2. The second kappa shape index (κ2) is 24.7. The number of imidazole rings is 1. The van der Waals surface area contributed by atoms with E-state index in [1.165, 1.54) is 38.3 Å². The van der Waals surface area contributed by atoms with Crippen LogP contribution in [0.15, 0.2) is 108 Å². The Labute approximate surface area is 482 Å². The molecule has 4 fully saturated rings. The summed E-state index contributed by atoms with van der Waals surface area (Å²) in [6, 6.07) is 23.7. The molecule has 10 rings (SSSR count). The van der Waals surface area contributed by atoms with Gasteiger partial charge >= 0.3 is 13.3 Å². The number of rotatable bonds is 18. The molecule has 1 saturated carbocycles. The first-order valence-corrected chi connectivity index (χ1v) is 30.0. The van der Waals surface area contributed by atoms with Crippen LogP contribution < -0.4 is 32.7 Å². The molecule has 84 heavy (non-hydrogen) atoms. The number of amides is 8. The Balaban J connectivity index is 0.845. The molecule has 5 atom stereocenters. The number of aromatic nitrogens is 3. The number of nitrogens with two attached hydrogens (primary N) is 1. The van der Waals surface area contributed by atoms with Crippen LogP contribution in [0.4, 0.5) is 0 Å². The predicted octanol–water partition coefficient (Wildman–Crippen LogP) is 3.90. The third kappa shape index (κ3) is 12.8. The van der Waals surface area contributed by atoms with Gasteiger partial charge in [-0.2, -0.15) is 0 Å². The first-order chi connectivity index (χ1) is 40.2. The predicted molar refractivity (Wildman–Crippen MR) is 306 cm³/mol. The first-order valence-electron chi connectivity index (χ1n) is 28.4. The summed E-state index contributed by atoms with van der Waals surface area (Å²) in [7, 11) is -3.47. The maximum Gasteiger partial charge on any atom is 0.396 e. The molecular formula is C60H67N10O13P. The minimum atomic E-state index is -5.13. The van der Waals surface area contributed by atoms with Crippen LogP contribution in [0.1, 0.15) is 127 Å². The Kier molecular flexibility index (Phi) is 17.3. The molecule has 0 radical (unpaired) electrons. The zero-order chi connectivity index (χ0) is 59.6. The van der Waals surface area contributed by atoms with Gasteiger partial charge in [0.1, 0.15) is 29.9 Å². The van der Waals surface area contributed by atoms with E-state index < -0.39 is 84.8 Å². The van der Waals surface area contributed by atoms with Crippen LogP contribution in [-0.2, 0) is 51.6 Å². The largest absolute Gasteiger partial charge is 0.396 e. The first kappa shape index (κ1) is 58.7. The monoisotopic (exact) mass is 1170 g/mol. The SMILES string of the molecule is Cn1c(=O)n(C2CCC(=O)NC2=O)c2ccc(C[C@H]3CC[C@@H](CC(=O)N4CC[C@H]5CC[C@@H](C(=O)N[C@@H](CCC(N)=O)C(=O)NC(c6ccccc6)c6ccccc6)N5C(=O)[C@@H](NC(=O)c5cc6cc(C(=O)P(=O)(O)O)ccc6[nH]5)C4)CC3)cc21. The summed E-state index contributed by atoms with van der Waals surface area (Å²) in [5, 5.41) is 11.3. The van der Waals surface area contributed by atoms with E-state index in [2.05, 4.69) is 26.3 Å². The number of nitrogens with zero attached hydrogens (tertiary/aromatic N) is 4. The third-order valence-electron chi connectivity index (χ3n) is 17.0. The number of piperidine rings is 1. The van der Waals surface area contributed by atoms with Gasteiger partial charge in [-0.3, -0.25) is 62.2 Å². The molecule has 3 aliphatic heterocycles. The summed E-state index contributed by atoms with van der Waals surface area (Å²) in [5.74, 6) is -4.13. The van der Waals surface area contributed by atoms with Crippen molar-refractivity contribution in [2.45, 2.75) is 120 Å². The second-order valence-electron chi connectivity index (χ2n) is 22.6. The van der Waals surface area contributed by atoms with Crippen molar-refractivity contribution in [2.75, 3.05) is 13.1 Å². The van der Waals surface area contributed by atoms with E-state index in [0.29, 0.717) is 29.4 Å². The highest BCUT2D eigenvalue weighted by Gasteiger charge is 2.46. The number of primary amides is 1. The van der Waals surface area contributed by atoms with E-state index in [-0.39, 0.29) is 97.6 Å². The van der Waals surface area contributed by atoms with Gasteiger partial charge in [0, 0.05) is 61.9 Å². The number of fused-ring (bicyclic) bond motifs is 3. The average molecular weight is 1170 g/mol. The maximum absolute atomic E-state index is 15.2. The van der Waals surface area contributed by atoms with E-state index >= 15 is 4.79 Å². The molecule has 6 aromatic rings. The van der Waals surface area contributed by atoms with Gasteiger partial charge in [0.25, 0.3) is 11.4 Å². The smallest absolute Gasteiger partial charge is 0.370 e. The molecule has 4 aromatic carbocycles. The average Bonchev–Trinajstić information content (AvgIpc) is 3.38. The lowest BCUT2D eigenvalue weighted by Gasteiger charge is -2.39. The summed E-state index contributed by atoms with van der Waals surface area (Å²) in [6.45, 7) is -0.0654. The summed E-state index contributed by atoms with van der Waals surface area (Å²) < 4.78 is 14.8. The normalized spacial score (nSPS) is 21.5. The van der Waals surface area contributed by atoms with Gasteiger partial charge in [0.2, 0.25) is 41.4 Å². The van der Waals surface area contributed by atoms with Gasteiger partial charge < -0.3 is 46.3 Å². The molecule has 9 N–H and O–H groups in total. The molecule has 8 amide bonds. The molecular weight excluding hydrogens is 1100 g/mol. The third-order valence-corrected chi connectivity index (χ3v) is 17.8. The van der Waals surface area contributed by atoms with Crippen molar-refractivity contribution < 1.29 is 57.5 Å². The van der Waals surface area contributed by atoms with E-state index in [1.807, 2.05) is 78.9 Å². The number of nitrogens with one attached hydrogen (secondary N) is 5. The molecule has 23 nitrogen and oxygen atoms in total. The molecule has 3 saturated heterocycles. The summed E-state index contributed by atoms with van der Waals surface area (Å²) >= 11 is 0. The molecule has 1 aliphatic carbocycles. The fraction of sp³-hybridized carbons (Fsp3) is 0.400. The standard InChI is InChI=1S/C60H67N10O13P/c1-67-49-29-36(16-21-46(49)70(60(67)80)48-23-25-51(72)65-57(48)77)28-34-12-14-35(15-13-34)30-52(73)68-27-26-41-18-22-47(56(76)63-43(20-24-50(61)71)54(74)66-53(37-8-4-2-5-9-37)38-10-6-3-7-11-38)69(41)58(78)45(33-68)64-55(75)44-32-40-31-39(17-19-42(40)62-44)59(79)84(81,82)83/h2-11,16-17,19,21,29,31-32,34-35,41,43,45,47-48,53,62H,12-15,18,20,22-28,30,33H2,1H3,(H2,61,71)(H,63,76)(H,64,75)(H,66,74)(H,65,72,77)(H2,81,82,83)/t34-,35+,41-,43+,45+,47+,48?/m1/s1. The van der Waals surface area contributed by atoms with Gasteiger partial charge in [-0.25, -0.2) is 4.79 Å². The van der Waals surface area contributed by atoms with E-state index in [9.17, 15) is 57.5 Å². The highest BCUT2D eigenvalue weighted by molar-refractivity contribution is 7.70. The Morgan fingerprint density at radius 3 is 2.13 bits per heavy atom. The molecule has 0 spiro atoms. The Morgan fingerprint density at radius 2 is 1.46 bits per heavy atom. The Bertz CT molecular complexity index is 3640. The lowest BCUT2D eigenvalue weighted by atomic mass is 9.78. The number of H-pyrrole nitrogens is 1. The molecule has 440 valence electrons. The van der Waals surface area contributed by atoms with Gasteiger partial charge in [0.05, 0.1) is 17.1 Å². The van der Waals surface area contributed by atoms with Crippen molar-refractivity contribution >= 4 is 82.3 Å². The topological polar surface area (TPSA) is 335 Å².